The molecule has 98 valence electrons. The van der Waals surface area contributed by atoms with Crippen molar-refractivity contribution in [1.82, 2.24) is 0 Å². The molecule has 1 heterocycles. The van der Waals surface area contributed by atoms with Gasteiger partial charge in [-0.25, -0.2) is 0 Å². The van der Waals surface area contributed by atoms with Crippen LogP contribution in [0.5, 0.6) is 17.2 Å². The van der Waals surface area contributed by atoms with E-state index in [1.54, 1.807) is 0 Å². The van der Waals surface area contributed by atoms with Crippen molar-refractivity contribution in [1.29, 1.82) is 0 Å². The Balaban J connectivity index is 1.72. The molecule has 1 aliphatic heterocycles. The Morgan fingerprint density at radius 1 is 1.05 bits per heavy atom. The van der Waals surface area contributed by atoms with Gasteiger partial charge >= 0.3 is 0 Å². The van der Waals surface area contributed by atoms with Crippen LogP contribution in [0, 0.1) is 0 Å². The minimum Gasteiger partial charge on any atom is -0.489 e. The zero-order chi connectivity index (χ0) is 13.1. The second-order valence-corrected chi connectivity index (χ2v) is 4.29. The highest BCUT2D eigenvalue weighted by Crippen LogP contribution is 2.32. The topological polar surface area (TPSA) is 53.7 Å². The smallest absolute Gasteiger partial charge is 0.231 e. The van der Waals surface area contributed by atoms with Crippen molar-refractivity contribution in [3.05, 3.63) is 53.6 Å². The highest BCUT2D eigenvalue weighted by molar-refractivity contribution is 5.44. The Hall–Kier alpha value is -2.20. The van der Waals surface area contributed by atoms with E-state index in [9.17, 15) is 0 Å². The molecule has 0 saturated carbocycles. The summed E-state index contributed by atoms with van der Waals surface area (Å²) in [6, 6.07) is 13.6. The molecule has 19 heavy (non-hydrogen) atoms. The summed E-state index contributed by atoms with van der Waals surface area (Å²) >= 11 is 0. The fourth-order valence-corrected chi connectivity index (χ4v) is 2.01. The Morgan fingerprint density at radius 2 is 1.89 bits per heavy atom. The van der Waals surface area contributed by atoms with Gasteiger partial charge in [0.2, 0.25) is 6.79 Å². The molecule has 0 unspecified atom stereocenters. The van der Waals surface area contributed by atoms with Gasteiger partial charge in [0, 0.05) is 12.1 Å². The van der Waals surface area contributed by atoms with Gasteiger partial charge in [-0.1, -0.05) is 24.3 Å². The quantitative estimate of drug-likeness (QED) is 0.914. The summed E-state index contributed by atoms with van der Waals surface area (Å²) in [6.07, 6.45) is 0. The molecule has 0 atom stereocenters. The number of fused-ring (bicyclic) bond motifs is 1. The van der Waals surface area contributed by atoms with Crippen LogP contribution in [-0.4, -0.2) is 6.79 Å². The molecule has 0 aliphatic carbocycles. The highest BCUT2D eigenvalue weighted by atomic mass is 16.7. The van der Waals surface area contributed by atoms with E-state index in [0.29, 0.717) is 13.2 Å². The van der Waals surface area contributed by atoms with Crippen LogP contribution in [-0.2, 0) is 13.2 Å². The maximum atomic E-state index is 5.80. The van der Waals surface area contributed by atoms with Crippen molar-refractivity contribution in [3.8, 4) is 17.2 Å². The minimum absolute atomic E-state index is 0.287. The SMILES string of the molecule is NCc1ccccc1OCc1ccc2c(c1)OCO2. The van der Waals surface area contributed by atoms with Gasteiger partial charge in [-0.3, -0.25) is 0 Å². The van der Waals surface area contributed by atoms with E-state index < -0.39 is 0 Å². The number of benzene rings is 2. The van der Waals surface area contributed by atoms with Crippen molar-refractivity contribution >= 4 is 0 Å². The lowest BCUT2D eigenvalue weighted by atomic mass is 10.2. The number of rotatable bonds is 4. The van der Waals surface area contributed by atoms with E-state index >= 15 is 0 Å². The Bertz CT molecular complexity index is 583. The fraction of sp³-hybridized carbons (Fsp3) is 0.200. The molecule has 0 saturated heterocycles. The highest BCUT2D eigenvalue weighted by Gasteiger charge is 2.13. The van der Waals surface area contributed by atoms with Gasteiger partial charge in [-0.15, -0.1) is 0 Å². The third-order valence-corrected chi connectivity index (χ3v) is 3.02. The molecule has 1 aliphatic rings. The van der Waals surface area contributed by atoms with Crippen LogP contribution in [0.25, 0.3) is 0 Å². The van der Waals surface area contributed by atoms with E-state index in [4.69, 9.17) is 19.9 Å². The molecule has 2 N–H and O–H groups in total. The summed E-state index contributed by atoms with van der Waals surface area (Å²) in [6.45, 7) is 1.24. The van der Waals surface area contributed by atoms with Crippen molar-refractivity contribution in [2.45, 2.75) is 13.2 Å². The summed E-state index contributed by atoms with van der Waals surface area (Å²) in [4.78, 5) is 0. The van der Waals surface area contributed by atoms with Crippen molar-refractivity contribution < 1.29 is 14.2 Å². The number of hydrogen-bond acceptors (Lipinski definition) is 4. The predicted octanol–water partition coefficient (Wildman–Crippen LogP) is 2.45. The van der Waals surface area contributed by atoms with Crippen molar-refractivity contribution in [2.75, 3.05) is 6.79 Å². The Kier molecular flexibility index (Phi) is 3.25. The standard InChI is InChI=1S/C15H15NO3/c16-8-12-3-1-2-4-13(12)17-9-11-5-6-14-15(7-11)19-10-18-14/h1-7H,8-10,16H2. The molecule has 2 aromatic carbocycles. The average Bonchev–Trinajstić information content (AvgIpc) is 2.93. The molecule has 0 aromatic heterocycles. The molecule has 2 aromatic rings. The van der Waals surface area contributed by atoms with Crippen LogP contribution in [0.1, 0.15) is 11.1 Å². The lowest BCUT2D eigenvalue weighted by Gasteiger charge is -2.10. The van der Waals surface area contributed by atoms with Gasteiger partial charge < -0.3 is 19.9 Å². The van der Waals surface area contributed by atoms with Gasteiger partial charge in [-0.2, -0.15) is 0 Å². The molecule has 0 amide bonds. The molecule has 0 bridgehead atoms. The van der Waals surface area contributed by atoms with Crippen LogP contribution >= 0.6 is 0 Å². The number of hydrogen-bond donors (Lipinski definition) is 1. The maximum absolute atomic E-state index is 5.80. The van der Waals surface area contributed by atoms with Gasteiger partial charge in [0.1, 0.15) is 12.4 Å². The summed E-state index contributed by atoms with van der Waals surface area (Å²) < 4.78 is 16.4. The minimum atomic E-state index is 0.287. The van der Waals surface area contributed by atoms with Crippen LogP contribution in [0.15, 0.2) is 42.5 Å². The molecular formula is C15H15NO3. The molecule has 4 nitrogen and oxygen atoms in total. The van der Waals surface area contributed by atoms with Crippen LogP contribution in [0.2, 0.25) is 0 Å². The first kappa shape index (κ1) is 11.9. The molecule has 4 heteroatoms. The average molecular weight is 257 g/mol. The summed E-state index contributed by atoms with van der Waals surface area (Å²) in [5.41, 5.74) is 7.72. The molecule has 0 spiro atoms. The Morgan fingerprint density at radius 3 is 2.79 bits per heavy atom. The fourth-order valence-electron chi connectivity index (χ4n) is 2.01. The summed E-state index contributed by atoms with van der Waals surface area (Å²) in [5, 5.41) is 0. The third-order valence-electron chi connectivity index (χ3n) is 3.02. The van der Waals surface area contributed by atoms with Crippen molar-refractivity contribution in [2.24, 2.45) is 5.73 Å². The van der Waals surface area contributed by atoms with E-state index in [-0.39, 0.29) is 6.79 Å². The first-order valence-corrected chi connectivity index (χ1v) is 6.16. The second-order valence-electron chi connectivity index (χ2n) is 4.29. The maximum Gasteiger partial charge on any atom is 0.231 e. The molecule has 0 radical (unpaired) electrons. The largest absolute Gasteiger partial charge is 0.489 e. The van der Waals surface area contributed by atoms with Crippen molar-refractivity contribution in [3.63, 3.8) is 0 Å². The predicted molar refractivity (Wildman–Crippen MR) is 71.2 cm³/mol. The van der Waals surface area contributed by atoms with Gasteiger partial charge in [0.15, 0.2) is 11.5 Å². The van der Waals surface area contributed by atoms with Crippen LogP contribution in [0.4, 0.5) is 0 Å². The van der Waals surface area contributed by atoms with Crippen LogP contribution < -0.4 is 19.9 Å². The zero-order valence-corrected chi connectivity index (χ0v) is 10.5. The number of nitrogens with two attached hydrogens (primary N) is 1. The van der Waals surface area contributed by atoms with E-state index in [0.717, 1.165) is 28.4 Å². The lowest BCUT2D eigenvalue weighted by Crippen LogP contribution is -2.02. The first-order chi connectivity index (χ1) is 9.36. The molecule has 0 fully saturated rings. The van der Waals surface area contributed by atoms with Gasteiger partial charge in [0.25, 0.3) is 0 Å². The lowest BCUT2D eigenvalue weighted by molar-refractivity contribution is 0.174. The molecule has 3 rings (SSSR count). The van der Waals surface area contributed by atoms with Gasteiger partial charge in [-0.05, 0) is 23.8 Å². The van der Waals surface area contributed by atoms with E-state index in [2.05, 4.69) is 0 Å². The first-order valence-electron chi connectivity index (χ1n) is 6.16. The normalized spacial score (nSPS) is 12.5. The monoisotopic (exact) mass is 257 g/mol. The van der Waals surface area contributed by atoms with Crippen LogP contribution in [0.3, 0.4) is 0 Å². The van der Waals surface area contributed by atoms with E-state index in [1.807, 2.05) is 42.5 Å². The molecular weight excluding hydrogens is 242 g/mol. The zero-order valence-electron chi connectivity index (χ0n) is 10.5. The van der Waals surface area contributed by atoms with Gasteiger partial charge in [0.05, 0.1) is 0 Å². The van der Waals surface area contributed by atoms with E-state index in [1.165, 1.54) is 0 Å². The Labute approximate surface area is 111 Å². The summed E-state index contributed by atoms with van der Waals surface area (Å²) in [7, 11) is 0. The summed E-state index contributed by atoms with van der Waals surface area (Å²) in [5.74, 6) is 2.38. The third kappa shape index (κ3) is 2.48. The number of ether oxygens (including phenoxy) is 3. The second kappa shape index (κ2) is 5.20. The number of para-hydroxylation sites is 1.